The fourth-order valence-corrected chi connectivity index (χ4v) is 3.97. The molecule has 0 bridgehead atoms. The Balaban J connectivity index is 1.49. The molecular formula is C22H22FN5O4. The lowest BCUT2D eigenvalue weighted by Gasteiger charge is -2.30. The Labute approximate surface area is 182 Å². The maximum atomic E-state index is 15.2. The number of benzene rings is 1. The molecule has 166 valence electrons. The Morgan fingerprint density at radius 3 is 2.91 bits per heavy atom. The monoisotopic (exact) mass is 439 g/mol. The standard InChI is InChI=1S/C22H22FN5O4/c1-10-15(8-27-21-20(10)25-2-3-31-21)14-4-11-5-17(26-9-16(11)19(24)18(14)23)28-22(30)32-13-6-12(29)7-13/h4-5,8-9,12-13,25,29H,2-3,6-7,24H2,1H3,(H,26,28,30). The number of rotatable bonds is 3. The van der Waals surface area contributed by atoms with Gasteiger partial charge in [0.15, 0.2) is 5.82 Å². The van der Waals surface area contributed by atoms with Crippen LogP contribution < -0.4 is 21.1 Å². The van der Waals surface area contributed by atoms with Crippen molar-refractivity contribution < 1.29 is 23.8 Å². The van der Waals surface area contributed by atoms with Gasteiger partial charge in [0.25, 0.3) is 0 Å². The van der Waals surface area contributed by atoms with Crippen LogP contribution in [0.5, 0.6) is 5.88 Å². The van der Waals surface area contributed by atoms with E-state index < -0.39 is 18.0 Å². The molecule has 1 amide bonds. The predicted octanol–water partition coefficient (Wildman–Crippen LogP) is 3.20. The number of nitrogen functional groups attached to an aromatic ring is 1. The molecule has 10 heteroatoms. The lowest BCUT2D eigenvalue weighted by molar-refractivity contribution is -0.0308. The lowest BCUT2D eigenvalue weighted by Crippen LogP contribution is -2.37. The van der Waals surface area contributed by atoms with Gasteiger partial charge in [-0.1, -0.05) is 0 Å². The first-order valence-corrected chi connectivity index (χ1v) is 10.3. The molecule has 9 nitrogen and oxygen atoms in total. The third-order valence-electron chi connectivity index (χ3n) is 5.81. The van der Waals surface area contributed by atoms with E-state index in [-0.39, 0.29) is 17.6 Å². The number of aliphatic hydroxyl groups is 1. The van der Waals surface area contributed by atoms with E-state index in [4.69, 9.17) is 15.2 Å². The average molecular weight is 439 g/mol. The van der Waals surface area contributed by atoms with Gasteiger partial charge in [-0.2, -0.15) is 0 Å². The minimum absolute atomic E-state index is 0.0380. The number of aromatic nitrogens is 2. The lowest BCUT2D eigenvalue weighted by atomic mass is 9.92. The van der Waals surface area contributed by atoms with Crippen molar-refractivity contribution in [1.29, 1.82) is 0 Å². The first-order valence-electron chi connectivity index (χ1n) is 10.3. The van der Waals surface area contributed by atoms with Gasteiger partial charge in [-0.05, 0) is 30.0 Å². The number of fused-ring (bicyclic) bond motifs is 2. The number of nitrogens with zero attached hydrogens (tertiary/aromatic N) is 2. The number of carbonyl (C=O) groups is 1. The zero-order valence-corrected chi connectivity index (χ0v) is 17.3. The Hall–Kier alpha value is -3.66. The van der Waals surface area contributed by atoms with E-state index in [1.54, 1.807) is 18.3 Å². The van der Waals surface area contributed by atoms with Crippen LogP contribution in [0.25, 0.3) is 21.9 Å². The van der Waals surface area contributed by atoms with Crippen molar-refractivity contribution in [3.05, 3.63) is 35.9 Å². The van der Waals surface area contributed by atoms with E-state index in [2.05, 4.69) is 20.6 Å². The fourth-order valence-electron chi connectivity index (χ4n) is 3.97. The molecule has 1 aliphatic carbocycles. The second-order valence-corrected chi connectivity index (χ2v) is 7.97. The highest BCUT2D eigenvalue weighted by Crippen LogP contribution is 2.39. The fraction of sp³-hybridized carbons (Fsp3) is 0.318. The molecule has 1 aliphatic heterocycles. The predicted molar refractivity (Wildman–Crippen MR) is 117 cm³/mol. The van der Waals surface area contributed by atoms with Crippen LogP contribution in [0.3, 0.4) is 0 Å². The number of pyridine rings is 2. The van der Waals surface area contributed by atoms with Gasteiger partial charge in [0.05, 0.1) is 11.8 Å². The summed E-state index contributed by atoms with van der Waals surface area (Å²) in [5.41, 5.74) is 8.45. The molecule has 5 N–H and O–H groups in total. The van der Waals surface area contributed by atoms with Crippen LogP contribution in [0.15, 0.2) is 24.5 Å². The van der Waals surface area contributed by atoms with Crippen LogP contribution >= 0.6 is 0 Å². The minimum Gasteiger partial charge on any atom is -0.474 e. The maximum absolute atomic E-state index is 15.2. The number of ether oxygens (including phenoxy) is 2. The Kier molecular flexibility index (Phi) is 4.93. The number of amides is 1. The van der Waals surface area contributed by atoms with Gasteiger partial charge in [-0.15, -0.1) is 0 Å². The summed E-state index contributed by atoms with van der Waals surface area (Å²) in [5.74, 6) is 0.166. The molecule has 0 saturated heterocycles. The Morgan fingerprint density at radius 1 is 1.31 bits per heavy atom. The summed E-state index contributed by atoms with van der Waals surface area (Å²) >= 11 is 0. The van der Waals surface area contributed by atoms with Gasteiger partial charge in [-0.25, -0.2) is 19.2 Å². The van der Waals surface area contributed by atoms with Crippen molar-refractivity contribution in [1.82, 2.24) is 9.97 Å². The number of aliphatic hydroxyl groups excluding tert-OH is 1. The van der Waals surface area contributed by atoms with Crippen LogP contribution in [-0.2, 0) is 4.74 Å². The molecule has 1 aromatic carbocycles. The summed E-state index contributed by atoms with van der Waals surface area (Å²) in [5, 5.41) is 16.1. The summed E-state index contributed by atoms with van der Waals surface area (Å²) in [6, 6.07) is 3.26. The van der Waals surface area contributed by atoms with E-state index >= 15 is 4.39 Å². The maximum Gasteiger partial charge on any atom is 0.413 e. The highest BCUT2D eigenvalue weighted by Gasteiger charge is 2.30. The molecule has 5 rings (SSSR count). The molecule has 32 heavy (non-hydrogen) atoms. The van der Waals surface area contributed by atoms with E-state index in [1.165, 1.54) is 6.20 Å². The van der Waals surface area contributed by atoms with Crippen molar-refractivity contribution in [2.24, 2.45) is 0 Å². The van der Waals surface area contributed by atoms with Gasteiger partial charge in [0.2, 0.25) is 5.88 Å². The first kappa shape index (κ1) is 20.3. The quantitative estimate of drug-likeness (QED) is 0.458. The van der Waals surface area contributed by atoms with E-state index in [0.717, 1.165) is 11.3 Å². The number of hydrogen-bond donors (Lipinski definition) is 4. The van der Waals surface area contributed by atoms with Gasteiger partial charge in [0, 0.05) is 48.3 Å². The number of nitrogens with one attached hydrogen (secondary N) is 2. The van der Waals surface area contributed by atoms with E-state index in [1.807, 2.05) is 6.92 Å². The van der Waals surface area contributed by atoms with Gasteiger partial charge in [-0.3, -0.25) is 5.32 Å². The van der Waals surface area contributed by atoms with Crippen LogP contribution in [0.2, 0.25) is 0 Å². The Morgan fingerprint density at radius 2 is 2.12 bits per heavy atom. The molecule has 3 aromatic rings. The van der Waals surface area contributed by atoms with E-state index in [9.17, 15) is 9.90 Å². The van der Waals surface area contributed by atoms with Crippen molar-refractivity contribution in [2.75, 3.05) is 29.5 Å². The van der Waals surface area contributed by atoms with Crippen molar-refractivity contribution in [3.8, 4) is 17.0 Å². The molecule has 1 saturated carbocycles. The molecule has 2 aromatic heterocycles. The third-order valence-corrected chi connectivity index (χ3v) is 5.81. The summed E-state index contributed by atoms with van der Waals surface area (Å²) in [4.78, 5) is 20.5. The summed E-state index contributed by atoms with van der Waals surface area (Å²) in [6.07, 6.45) is 2.43. The normalized spacial score (nSPS) is 19.3. The average Bonchev–Trinajstić information content (AvgIpc) is 2.76. The number of halogens is 1. The largest absolute Gasteiger partial charge is 0.474 e. The van der Waals surface area contributed by atoms with Gasteiger partial charge in [0.1, 0.15) is 24.2 Å². The molecule has 0 atom stereocenters. The molecule has 0 spiro atoms. The van der Waals surface area contributed by atoms with Crippen LogP contribution in [0.4, 0.5) is 26.4 Å². The molecule has 1 fully saturated rings. The third kappa shape index (κ3) is 3.52. The summed E-state index contributed by atoms with van der Waals surface area (Å²) in [7, 11) is 0. The number of carbonyl (C=O) groups excluding carboxylic acids is 1. The topological polar surface area (TPSA) is 132 Å². The minimum atomic E-state index is -0.662. The van der Waals surface area contributed by atoms with Crippen LogP contribution in [0, 0.1) is 12.7 Å². The zero-order valence-electron chi connectivity index (χ0n) is 17.3. The zero-order chi connectivity index (χ0) is 22.4. The van der Waals surface area contributed by atoms with Crippen LogP contribution in [-0.4, -0.2) is 46.5 Å². The summed E-state index contributed by atoms with van der Waals surface area (Å²) in [6.45, 7) is 3.02. The smallest absolute Gasteiger partial charge is 0.413 e. The SMILES string of the molecule is Cc1c(-c2cc3cc(NC(=O)OC4CC(O)C4)ncc3c(N)c2F)cnc2c1NCCO2. The molecular weight excluding hydrogens is 417 g/mol. The second-order valence-electron chi connectivity index (χ2n) is 7.97. The highest BCUT2D eigenvalue weighted by atomic mass is 19.1. The number of hydrogen-bond acceptors (Lipinski definition) is 8. The van der Waals surface area contributed by atoms with Crippen molar-refractivity contribution >= 4 is 34.1 Å². The summed E-state index contributed by atoms with van der Waals surface area (Å²) < 4.78 is 26.0. The second kappa shape index (κ2) is 7.79. The highest BCUT2D eigenvalue weighted by molar-refractivity contribution is 5.99. The Bertz CT molecular complexity index is 1230. The van der Waals surface area contributed by atoms with Crippen molar-refractivity contribution in [2.45, 2.75) is 32.0 Å². The van der Waals surface area contributed by atoms with Gasteiger partial charge < -0.3 is 25.6 Å². The van der Waals surface area contributed by atoms with E-state index in [0.29, 0.717) is 53.8 Å². The number of anilines is 3. The van der Waals surface area contributed by atoms with Crippen molar-refractivity contribution in [3.63, 3.8) is 0 Å². The van der Waals surface area contributed by atoms with Crippen LogP contribution in [0.1, 0.15) is 18.4 Å². The molecule has 3 heterocycles. The molecule has 0 radical (unpaired) electrons. The van der Waals surface area contributed by atoms with Gasteiger partial charge >= 0.3 is 6.09 Å². The molecule has 2 aliphatic rings. The first-order chi connectivity index (χ1) is 15.4. The molecule has 0 unspecified atom stereocenters. The number of nitrogens with two attached hydrogens (primary N) is 1.